The summed E-state index contributed by atoms with van der Waals surface area (Å²) in [6.07, 6.45) is 4.85. The first-order valence-corrected chi connectivity index (χ1v) is 11.8. The molecule has 2 aromatic rings. The van der Waals surface area contributed by atoms with Gasteiger partial charge in [0.05, 0.1) is 24.6 Å². The highest BCUT2D eigenvalue weighted by atomic mass is 32.2. The van der Waals surface area contributed by atoms with Crippen LogP contribution >= 0.6 is 0 Å². The van der Waals surface area contributed by atoms with Gasteiger partial charge >= 0.3 is 0 Å². The molecule has 2 aromatic carbocycles. The zero-order valence-electron chi connectivity index (χ0n) is 16.9. The number of rotatable bonds is 8. The molecule has 156 valence electrons. The molecule has 0 fully saturated rings. The van der Waals surface area contributed by atoms with Crippen LogP contribution in [0, 0.1) is 0 Å². The lowest BCUT2D eigenvalue weighted by molar-refractivity contribution is -0.120. The Hall–Kier alpha value is -2.54. The molecule has 1 amide bonds. The quantitative estimate of drug-likeness (QED) is 0.715. The summed E-state index contributed by atoms with van der Waals surface area (Å²) >= 11 is 0. The maximum Gasteiger partial charge on any atom is 0.241 e. The fraction of sp³-hybridized carbons (Fsp3) is 0.409. The van der Waals surface area contributed by atoms with E-state index < -0.39 is 10.0 Å². The maximum atomic E-state index is 12.7. The van der Waals surface area contributed by atoms with Crippen molar-refractivity contribution in [2.45, 2.75) is 38.6 Å². The van der Waals surface area contributed by atoms with Gasteiger partial charge in [-0.05, 0) is 61.1 Å². The first-order valence-electron chi connectivity index (χ1n) is 9.96. The molecule has 0 saturated carbocycles. The van der Waals surface area contributed by atoms with Crippen molar-refractivity contribution < 1.29 is 17.9 Å². The topological polar surface area (TPSA) is 75.7 Å². The summed E-state index contributed by atoms with van der Waals surface area (Å²) in [6, 6.07) is 14.8. The fourth-order valence-corrected chi connectivity index (χ4v) is 4.46. The SMILES string of the molecule is CCCOc1ccc(N(CC(=O)N[C@H]2CCCc3ccccc32)S(C)(=O)=O)cc1. The molecule has 6 nitrogen and oxygen atoms in total. The van der Waals surface area contributed by atoms with Crippen LogP contribution in [0.5, 0.6) is 5.75 Å². The fourth-order valence-electron chi connectivity index (χ4n) is 3.60. The van der Waals surface area contributed by atoms with Gasteiger partial charge in [0.1, 0.15) is 12.3 Å². The number of carbonyl (C=O) groups excluding carboxylic acids is 1. The van der Waals surface area contributed by atoms with Gasteiger partial charge < -0.3 is 10.1 Å². The largest absolute Gasteiger partial charge is 0.494 e. The molecule has 0 radical (unpaired) electrons. The summed E-state index contributed by atoms with van der Waals surface area (Å²) in [5, 5.41) is 3.02. The van der Waals surface area contributed by atoms with E-state index in [0.29, 0.717) is 18.0 Å². The van der Waals surface area contributed by atoms with Gasteiger partial charge in [-0.25, -0.2) is 8.42 Å². The van der Waals surface area contributed by atoms with E-state index in [4.69, 9.17) is 4.74 Å². The third-order valence-electron chi connectivity index (χ3n) is 4.99. The van der Waals surface area contributed by atoms with E-state index in [0.717, 1.165) is 41.8 Å². The first-order chi connectivity index (χ1) is 13.9. The predicted octanol–water partition coefficient (Wildman–Crippen LogP) is 3.44. The van der Waals surface area contributed by atoms with E-state index in [9.17, 15) is 13.2 Å². The lowest BCUT2D eigenvalue weighted by Gasteiger charge is -2.28. The number of benzene rings is 2. The molecule has 0 aromatic heterocycles. The predicted molar refractivity (Wildman–Crippen MR) is 115 cm³/mol. The molecule has 1 N–H and O–H groups in total. The van der Waals surface area contributed by atoms with Crippen molar-refractivity contribution >= 4 is 21.6 Å². The molecule has 3 rings (SSSR count). The van der Waals surface area contributed by atoms with Crippen LogP contribution in [0.1, 0.15) is 43.4 Å². The summed E-state index contributed by atoms with van der Waals surface area (Å²) < 4.78 is 31.3. The minimum atomic E-state index is -3.61. The number of ether oxygens (including phenoxy) is 1. The Kier molecular flexibility index (Phi) is 6.79. The van der Waals surface area contributed by atoms with Crippen molar-refractivity contribution in [3.63, 3.8) is 0 Å². The number of nitrogens with one attached hydrogen (secondary N) is 1. The number of amides is 1. The molecule has 1 atom stereocenters. The maximum absolute atomic E-state index is 12.7. The van der Waals surface area contributed by atoms with Gasteiger partial charge in [0.2, 0.25) is 15.9 Å². The third kappa shape index (κ3) is 5.50. The number of nitrogens with zero attached hydrogens (tertiary/aromatic N) is 1. The molecule has 29 heavy (non-hydrogen) atoms. The number of anilines is 1. The highest BCUT2D eigenvalue weighted by Gasteiger charge is 2.25. The van der Waals surface area contributed by atoms with Gasteiger partial charge in [-0.15, -0.1) is 0 Å². The molecule has 1 aliphatic rings. The average molecular weight is 417 g/mol. The normalized spacial score (nSPS) is 16.0. The summed E-state index contributed by atoms with van der Waals surface area (Å²) in [5.74, 6) is 0.357. The van der Waals surface area contributed by atoms with Crippen LogP contribution in [0.4, 0.5) is 5.69 Å². The van der Waals surface area contributed by atoms with Crippen LogP contribution in [0.2, 0.25) is 0 Å². The monoisotopic (exact) mass is 416 g/mol. The van der Waals surface area contributed by atoms with Crippen molar-refractivity contribution in [1.82, 2.24) is 5.32 Å². The number of aryl methyl sites for hydroxylation is 1. The minimum absolute atomic E-state index is 0.0846. The third-order valence-corrected chi connectivity index (χ3v) is 6.13. The van der Waals surface area contributed by atoms with E-state index in [1.54, 1.807) is 24.3 Å². The average Bonchev–Trinajstić information content (AvgIpc) is 2.70. The zero-order valence-corrected chi connectivity index (χ0v) is 17.7. The van der Waals surface area contributed by atoms with Crippen molar-refractivity contribution in [1.29, 1.82) is 0 Å². The molecule has 0 unspecified atom stereocenters. The molecule has 0 spiro atoms. The van der Waals surface area contributed by atoms with Crippen LogP contribution in [0.15, 0.2) is 48.5 Å². The second-order valence-corrected chi connectivity index (χ2v) is 9.23. The highest BCUT2D eigenvalue weighted by molar-refractivity contribution is 7.92. The van der Waals surface area contributed by atoms with Crippen LogP contribution in [-0.2, 0) is 21.2 Å². The Morgan fingerprint density at radius 3 is 2.59 bits per heavy atom. The van der Waals surface area contributed by atoms with Gasteiger partial charge in [0.25, 0.3) is 0 Å². The smallest absolute Gasteiger partial charge is 0.241 e. The molecule has 7 heteroatoms. The zero-order chi connectivity index (χ0) is 20.9. The van der Waals surface area contributed by atoms with Crippen LogP contribution in [-0.4, -0.2) is 33.7 Å². The van der Waals surface area contributed by atoms with Gasteiger partial charge in [-0.1, -0.05) is 31.2 Å². The summed E-state index contributed by atoms with van der Waals surface area (Å²) in [7, 11) is -3.61. The highest BCUT2D eigenvalue weighted by Crippen LogP contribution is 2.29. The van der Waals surface area contributed by atoms with Crippen LogP contribution < -0.4 is 14.4 Å². The van der Waals surface area contributed by atoms with E-state index >= 15 is 0 Å². The Balaban J connectivity index is 1.72. The molecule has 0 bridgehead atoms. The standard InChI is InChI=1S/C22H28N2O4S/c1-3-15-28-19-13-11-18(12-14-19)24(29(2,26)27)16-22(25)23-21-10-6-8-17-7-4-5-9-20(17)21/h4-5,7,9,11-14,21H,3,6,8,10,15-16H2,1-2H3,(H,23,25)/t21-/m0/s1. The first kappa shape index (κ1) is 21.2. The Bertz CT molecular complexity index is 942. The van der Waals surface area contributed by atoms with Crippen molar-refractivity contribution in [3.05, 3.63) is 59.7 Å². The summed E-state index contributed by atoms with van der Waals surface area (Å²) in [6.45, 7) is 2.36. The van der Waals surface area contributed by atoms with E-state index in [2.05, 4.69) is 11.4 Å². The van der Waals surface area contributed by atoms with Gasteiger partial charge in [-0.3, -0.25) is 9.10 Å². The Labute approximate surface area is 172 Å². The second kappa shape index (κ2) is 9.31. The van der Waals surface area contributed by atoms with E-state index in [1.807, 2.05) is 25.1 Å². The number of sulfonamides is 1. The Morgan fingerprint density at radius 2 is 1.90 bits per heavy atom. The van der Waals surface area contributed by atoms with Gasteiger partial charge in [-0.2, -0.15) is 0 Å². The number of hydrogen-bond acceptors (Lipinski definition) is 4. The number of hydrogen-bond donors (Lipinski definition) is 1. The second-order valence-electron chi connectivity index (χ2n) is 7.32. The molecular formula is C22H28N2O4S. The lowest BCUT2D eigenvalue weighted by Crippen LogP contribution is -2.42. The van der Waals surface area contributed by atoms with E-state index in [1.165, 1.54) is 5.56 Å². The molecule has 0 heterocycles. The summed E-state index contributed by atoms with van der Waals surface area (Å²) in [4.78, 5) is 12.7. The van der Waals surface area contributed by atoms with Crippen molar-refractivity contribution in [2.24, 2.45) is 0 Å². The number of carbonyl (C=O) groups is 1. The summed E-state index contributed by atoms with van der Waals surface area (Å²) in [5.41, 5.74) is 2.80. The van der Waals surface area contributed by atoms with Gasteiger partial charge in [0.15, 0.2) is 0 Å². The van der Waals surface area contributed by atoms with Crippen molar-refractivity contribution in [2.75, 3.05) is 23.7 Å². The van der Waals surface area contributed by atoms with Crippen molar-refractivity contribution in [3.8, 4) is 5.75 Å². The van der Waals surface area contributed by atoms with E-state index in [-0.39, 0.29) is 18.5 Å². The van der Waals surface area contributed by atoms with Crippen LogP contribution in [0.3, 0.4) is 0 Å². The van der Waals surface area contributed by atoms with Crippen LogP contribution in [0.25, 0.3) is 0 Å². The molecule has 0 aliphatic heterocycles. The lowest BCUT2D eigenvalue weighted by atomic mass is 9.88. The Morgan fingerprint density at radius 1 is 1.17 bits per heavy atom. The minimum Gasteiger partial charge on any atom is -0.494 e. The number of fused-ring (bicyclic) bond motifs is 1. The molecule has 1 aliphatic carbocycles. The van der Waals surface area contributed by atoms with Gasteiger partial charge in [0, 0.05) is 0 Å². The molecular weight excluding hydrogens is 388 g/mol. The molecule has 0 saturated heterocycles.